The summed E-state index contributed by atoms with van der Waals surface area (Å²) in [6.45, 7) is 7.88. The number of nitrogens with zero attached hydrogens (tertiary/aromatic N) is 3. The molecule has 0 aliphatic carbocycles. The molecule has 146 valence electrons. The molecule has 0 saturated carbocycles. The largest absolute Gasteiger partial charge is 0.294 e. The molecule has 0 radical (unpaired) electrons. The fourth-order valence-electron chi connectivity index (χ4n) is 3.25. The average Bonchev–Trinajstić information content (AvgIpc) is 2.68. The van der Waals surface area contributed by atoms with Crippen molar-refractivity contribution in [3.63, 3.8) is 0 Å². The molecular weight excluding hydrogens is 378 g/mol. The number of hydrogen-bond donors (Lipinski definition) is 0. The number of benzene rings is 2. The number of Topliss-reactive ketones (excluding diaryl/α,β-unsaturated/α-hetero) is 1. The van der Waals surface area contributed by atoms with Crippen LogP contribution < -0.4 is 0 Å². The fraction of sp³-hybridized carbons (Fsp3) is 0.250. The molecule has 0 aromatic heterocycles. The van der Waals surface area contributed by atoms with E-state index in [-0.39, 0.29) is 11.7 Å². The smallest absolute Gasteiger partial charge is 0.190 e. The van der Waals surface area contributed by atoms with E-state index >= 15 is 0 Å². The molecule has 4 nitrogen and oxygen atoms in total. The second-order valence-corrected chi connectivity index (χ2v) is 7.98. The third-order valence-electron chi connectivity index (χ3n) is 4.84. The Labute approximate surface area is 176 Å². The van der Waals surface area contributed by atoms with Gasteiger partial charge >= 0.3 is 0 Å². The van der Waals surface area contributed by atoms with Gasteiger partial charge in [-0.05, 0) is 41.7 Å². The summed E-state index contributed by atoms with van der Waals surface area (Å²) in [6, 6.07) is 16.0. The molecular formula is C24H23N3OS. The summed E-state index contributed by atoms with van der Waals surface area (Å²) < 4.78 is 0. The maximum atomic E-state index is 12.8. The van der Waals surface area contributed by atoms with Crippen molar-refractivity contribution in [3.8, 4) is 6.07 Å². The topological polar surface area (TPSA) is 65.6 Å². The molecule has 1 aliphatic heterocycles. The highest BCUT2D eigenvalue weighted by atomic mass is 32.2. The van der Waals surface area contributed by atoms with Gasteiger partial charge in [0.25, 0.3) is 0 Å². The Bertz CT molecular complexity index is 1050. The van der Waals surface area contributed by atoms with E-state index in [1.54, 1.807) is 11.8 Å². The van der Waals surface area contributed by atoms with Crippen LogP contribution in [0.25, 0.3) is 0 Å². The number of ketones is 1. The van der Waals surface area contributed by atoms with Gasteiger partial charge in [0.05, 0.1) is 12.0 Å². The lowest BCUT2D eigenvalue weighted by Crippen LogP contribution is -2.07. The first-order valence-electron chi connectivity index (χ1n) is 9.53. The summed E-state index contributed by atoms with van der Waals surface area (Å²) in [5.41, 5.74) is 5.66. The van der Waals surface area contributed by atoms with Gasteiger partial charge in [0, 0.05) is 17.7 Å². The molecule has 1 heterocycles. The van der Waals surface area contributed by atoms with E-state index in [2.05, 4.69) is 29.6 Å². The highest BCUT2D eigenvalue weighted by Crippen LogP contribution is 2.27. The van der Waals surface area contributed by atoms with Crippen molar-refractivity contribution in [3.05, 3.63) is 82.4 Å². The Kier molecular flexibility index (Phi) is 6.79. The average molecular weight is 402 g/mol. The quantitative estimate of drug-likeness (QED) is 0.434. The van der Waals surface area contributed by atoms with Crippen molar-refractivity contribution in [2.45, 2.75) is 38.4 Å². The molecule has 0 spiro atoms. The van der Waals surface area contributed by atoms with E-state index < -0.39 is 0 Å². The Morgan fingerprint density at radius 1 is 1.24 bits per heavy atom. The first-order valence-corrected chi connectivity index (χ1v) is 10.5. The molecule has 0 N–H and O–H groups in total. The lowest BCUT2D eigenvalue weighted by atomic mass is 9.87. The van der Waals surface area contributed by atoms with Crippen LogP contribution in [0.15, 0.2) is 64.6 Å². The van der Waals surface area contributed by atoms with E-state index in [1.165, 1.54) is 6.34 Å². The zero-order valence-electron chi connectivity index (χ0n) is 16.7. The third kappa shape index (κ3) is 5.10. The first-order chi connectivity index (χ1) is 14.0. The first kappa shape index (κ1) is 20.8. The minimum atomic E-state index is -0.312. The lowest BCUT2D eigenvalue weighted by molar-refractivity contribution is 0.0993. The van der Waals surface area contributed by atoms with Crippen molar-refractivity contribution >= 4 is 29.1 Å². The van der Waals surface area contributed by atoms with Crippen LogP contribution in [0.5, 0.6) is 0 Å². The summed E-state index contributed by atoms with van der Waals surface area (Å²) in [5, 5.41) is 10.3. The van der Waals surface area contributed by atoms with Gasteiger partial charge in [-0.25, -0.2) is 9.98 Å². The van der Waals surface area contributed by atoms with Crippen molar-refractivity contribution in [2.24, 2.45) is 9.98 Å². The van der Waals surface area contributed by atoms with Gasteiger partial charge in [-0.3, -0.25) is 4.79 Å². The molecule has 1 unspecified atom stereocenters. The van der Waals surface area contributed by atoms with Crippen LogP contribution in [0.4, 0.5) is 0 Å². The minimum absolute atomic E-state index is 0.0855. The van der Waals surface area contributed by atoms with Crippen LogP contribution in [0, 0.1) is 11.3 Å². The Morgan fingerprint density at radius 3 is 2.66 bits per heavy atom. The number of rotatable bonds is 8. The van der Waals surface area contributed by atoms with Gasteiger partial charge in [0.15, 0.2) is 11.0 Å². The molecule has 0 fully saturated rings. The standard InChI is InChI=1S/C24H23N3OS/c1-4-19-10-17(8-9-21(19)22(13-25)16(2)3)12-23(28)20-7-5-6-18(11-20)14-29-24-26-15-27-24/h5-11,15,22H,2,4,12,14H2,1,3H3. The number of amidine groups is 1. The van der Waals surface area contributed by atoms with Crippen LogP contribution in [0.1, 0.15) is 52.4 Å². The predicted octanol–water partition coefficient (Wildman–Crippen LogP) is 5.49. The minimum Gasteiger partial charge on any atom is -0.294 e. The van der Waals surface area contributed by atoms with E-state index in [1.807, 2.05) is 49.4 Å². The fourth-order valence-corrected chi connectivity index (χ4v) is 3.97. The molecule has 2 aromatic rings. The lowest BCUT2D eigenvalue weighted by Gasteiger charge is -2.15. The van der Waals surface area contributed by atoms with E-state index in [9.17, 15) is 10.1 Å². The van der Waals surface area contributed by atoms with E-state index in [0.717, 1.165) is 45.2 Å². The third-order valence-corrected chi connectivity index (χ3v) is 5.79. The highest BCUT2D eigenvalue weighted by Gasteiger charge is 2.16. The molecule has 2 aromatic carbocycles. The summed E-state index contributed by atoms with van der Waals surface area (Å²) in [7, 11) is 0. The SMILES string of the molecule is C=C(C)C(C#N)c1ccc(CC(=O)c2cccc(CSC3=NC=N3)c2)cc1CC. The summed E-state index contributed by atoms with van der Waals surface area (Å²) in [5.74, 6) is 0.512. The van der Waals surface area contributed by atoms with Gasteiger partial charge in [-0.15, -0.1) is 0 Å². The van der Waals surface area contributed by atoms with Gasteiger partial charge < -0.3 is 0 Å². The van der Waals surface area contributed by atoms with Crippen LogP contribution in [-0.4, -0.2) is 17.3 Å². The monoisotopic (exact) mass is 401 g/mol. The van der Waals surface area contributed by atoms with Crippen LogP contribution in [-0.2, 0) is 18.6 Å². The number of aliphatic imine (C=N–C) groups is 2. The summed E-state index contributed by atoms with van der Waals surface area (Å²) >= 11 is 1.56. The van der Waals surface area contributed by atoms with Crippen molar-refractivity contribution in [1.29, 1.82) is 5.26 Å². The van der Waals surface area contributed by atoms with Crippen LogP contribution in [0.3, 0.4) is 0 Å². The van der Waals surface area contributed by atoms with Crippen molar-refractivity contribution in [1.82, 2.24) is 0 Å². The molecule has 0 amide bonds. The van der Waals surface area contributed by atoms with Gasteiger partial charge in [0.2, 0.25) is 0 Å². The normalized spacial score (nSPS) is 13.2. The predicted molar refractivity (Wildman–Crippen MR) is 121 cm³/mol. The van der Waals surface area contributed by atoms with Crippen LogP contribution in [0.2, 0.25) is 0 Å². The number of thioether (sulfide) groups is 1. The molecule has 29 heavy (non-hydrogen) atoms. The van der Waals surface area contributed by atoms with E-state index in [0.29, 0.717) is 12.0 Å². The van der Waals surface area contributed by atoms with Crippen molar-refractivity contribution in [2.75, 3.05) is 0 Å². The number of carbonyl (C=O) groups excluding carboxylic acids is 1. The van der Waals surface area contributed by atoms with Crippen LogP contribution >= 0.6 is 11.8 Å². The Balaban J connectivity index is 1.73. The summed E-state index contributed by atoms with van der Waals surface area (Å²) in [4.78, 5) is 20.9. The molecule has 0 bridgehead atoms. The molecule has 1 atom stereocenters. The molecule has 0 saturated heterocycles. The zero-order valence-corrected chi connectivity index (χ0v) is 17.5. The number of nitriles is 1. The Hall–Kier alpha value is -2.97. The summed E-state index contributed by atoms with van der Waals surface area (Å²) in [6.07, 6.45) is 2.68. The maximum Gasteiger partial charge on any atom is 0.190 e. The number of carbonyl (C=O) groups is 1. The van der Waals surface area contributed by atoms with Gasteiger partial charge in [-0.1, -0.05) is 67.2 Å². The van der Waals surface area contributed by atoms with E-state index in [4.69, 9.17) is 0 Å². The Morgan fingerprint density at radius 2 is 2.03 bits per heavy atom. The number of aryl methyl sites for hydroxylation is 1. The molecule has 5 heteroatoms. The highest BCUT2D eigenvalue weighted by molar-refractivity contribution is 8.13. The number of hydrogen-bond acceptors (Lipinski definition) is 5. The van der Waals surface area contributed by atoms with Gasteiger partial charge in [0.1, 0.15) is 6.34 Å². The maximum absolute atomic E-state index is 12.8. The van der Waals surface area contributed by atoms with Crippen molar-refractivity contribution < 1.29 is 4.79 Å². The zero-order chi connectivity index (χ0) is 20.8. The molecule has 1 aliphatic rings. The van der Waals surface area contributed by atoms with Gasteiger partial charge in [-0.2, -0.15) is 5.26 Å². The second kappa shape index (κ2) is 9.49. The second-order valence-electron chi connectivity index (χ2n) is 7.04. The number of allylic oxidation sites excluding steroid dienone is 1. The molecule has 3 rings (SSSR count).